The largest absolute Gasteiger partial charge is 0.454 e. The zero-order chi connectivity index (χ0) is 29.9. The average molecular weight is 578 g/mol. The van der Waals surface area contributed by atoms with Crippen molar-refractivity contribution >= 4 is 34.8 Å². The maximum absolute atomic E-state index is 13.8. The number of aliphatic hydroxyl groups excluding tert-OH is 1. The van der Waals surface area contributed by atoms with Gasteiger partial charge in [0.2, 0.25) is 0 Å². The van der Waals surface area contributed by atoms with Gasteiger partial charge >= 0.3 is 5.97 Å². The summed E-state index contributed by atoms with van der Waals surface area (Å²) in [7, 11) is 0. The number of benzene rings is 3. The summed E-state index contributed by atoms with van der Waals surface area (Å²) in [5.74, 6) is -2.13. The van der Waals surface area contributed by atoms with Crippen LogP contribution in [0.5, 0.6) is 0 Å². The lowest BCUT2D eigenvalue weighted by Crippen LogP contribution is -2.38. The zero-order valence-corrected chi connectivity index (χ0v) is 23.1. The van der Waals surface area contributed by atoms with Crippen LogP contribution in [0.2, 0.25) is 0 Å². The lowest BCUT2D eigenvalue weighted by atomic mass is 10.0. The first-order chi connectivity index (χ1) is 21.0. The van der Waals surface area contributed by atoms with E-state index in [0.29, 0.717) is 5.56 Å². The fourth-order valence-electron chi connectivity index (χ4n) is 5.11. The van der Waals surface area contributed by atoms with Crippen LogP contribution in [0.4, 0.5) is 5.82 Å². The summed E-state index contributed by atoms with van der Waals surface area (Å²) in [6, 6.07) is 25.4. The van der Waals surface area contributed by atoms with Gasteiger partial charge in [-0.15, -0.1) is 0 Å². The molecule has 1 aliphatic rings. The lowest BCUT2D eigenvalue weighted by molar-refractivity contribution is -0.0563. The van der Waals surface area contributed by atoms with Gasteiger partial charge in [0.15, 0.2) is 29.3 Å². The van der Waals surface area contributed by atoms with Crippen molar-refractivity contribution in [2.75, 3.05) is 11.5 Å². The van der Waals surface area contributed by atoms with E-state index in [0.717, 1.165) is 4.90 Å². The Balaban J connectivity index is 1.42. The van der Waals surface area contributed by atoms with Gasteiger partial charge in [-0.1, -0.05) is 61.5 Å². The molecule has 216 valence electrons. The summed E-state index contributed by atoms with van der Waals surface area (Å²) in [4.78, 5) is 54.8. The second-order valence-electron chi connectivity index (χ2n) is 10.0. The van der Waals surface area contributed by atoms with Crippen LogP contribution < -0.4 is 4.90 Å². The van der Waals surface area contributed by atoms with Crippen LogP contribution in [0, 0.1) is 5.92 Å². The highest BCUT2D eigenvalue weighted by molar-refractivity contribution is 6.27. The Morgan fingerprint density at radius 2 is 1.40 bits per heavy atom. The first-order valence-electron chi connectivity index (χ1n) is 13.7. The highest BCUT2D eigenvalue weighted by Crippen LogP contribution is 2.38. The van der Waals surface area contributed by atoms with Gasteiger partial charge in [0.1, 0.15) is 6.33 Å². The standard InChI is InChI=1S/C32H27N5O6/c1-20-24(17-38)42-31(26(20)43-32(41)23-15-9-4-10-16-23)36-19-35-25-27(36)33-18-34-28(25)37(29(39)21-11-5-2-6-12-21)30(40)22-13-7-3-8-14-22/h2-16,18-20,24,26,31,38H,17H2,1H3/t20-,24+,26-,31+/m0/s1. The molecule has 11 heteroatoms. The number of ether oxygens (including phenoxy) is 2. The predicted molar refractivity (Wildman–Crippen MR) is 155 cm³/mol. The van der Waals surface area contributed by atoms with Gasteiger partial charge in [-0.3, -0.25) is 14.2 Å². The minimum atomic E-state index is -0.907. The molecule has 0 bridgehead atoms. The van der Waals surface area contributed by atoms with Crippen molar-refractivity contribution in [2.45, 2.75) is 25.4 Å². The molecule has 0 spiro atoms. The normalized spacial score (nSPS) is 19.7. The number of anilines is 1. The SMILES string of the molecule is C[C@@H]1[C@H](OC(=O)c2ccccc2)[C@H](n2cnc3c(N(C(=O)c4ccccc4)C(=O)c4ccccc4)ncnc32)O[C@@H]1CO. The number of nitrogens with zero attached hydrogens (tertiary/aromatic N) is 5. The lowest BCUT2D eigenvalue weighted by Gasteiger charge is -2.23. The van der Waals surface area contributed by atoms with Crippen molar-refractivity contribution in [1.82, 2.24) is 19.5 Å². The van der Waals surface area contributed by atoms with Crippen molar-refractivity contribution in [2.24, 2.45) is 5.92 Å². The summed E-state index contributed by atoms with van der Waals surface area (Å²) in [5, 5.41) is 9.99. The Morgan fingerprint density at radius 1 is 0.837 bits per heavy atom. The van der Waals surface area contributed by atoms with Gasteiger partial charge in [0.05, 0.1) is 24.6 Å². The minimum Gasteiger partial charge on any atom is -0.454 e. The average Bonchev–Trinajstić information content (AvgIpc) is 3.63. The number of aromatic nitrogens is 4. The van der Waals surface area contributed by atoms with Crippen molar-refractivity contribution in [3.63, 3.8) is 0 Å². The van der Waals surface area contributed by atoms with E-state index < -0.39 is 36.2 Å². The number of rotatable bonds is 7. The molecule has 3 heterocycles. The molecule has 5 aromatic rings. The molecule has 11 nitrogen and oxygen atoms in total. The molecule has 2 amide bonds. The highest BCUT2D eigenvalue weighted by atomic mass is 16.6. The summed E-state index contributed by atoms with van der Waals surface area (Å²) >= 11 is 0. The Labute approximate surface area is 246 Å². The predicted octanol–water partition coefficient (Wildman–Crippen LogP) is 4.06. The maximum atomic E-state index is 13.8. The van der Waals surface area contributed by atoms with E-state index in [4.69, 9.17) is 9.47 Å². The monoisotopic (exact) mass is 577 g/mol. The fourth-order valence-corrected chi connectivity index (χ4v) is 5.11. The molecule has 0 unspecified atom stereocenters. The number of hydrogen-bond acceptors (Lipinski definition) is 9. The van der Waals surface area contributed by atoms with Crippen LogP contribution in [0.1, 0.15) is 44.2 Å². The molecule has 2 aromatic heterocycles. The van der Waals surface area contributed by atoms with Crippen molar-refractivity contribution < 1.29 is 29.0 Å². The second-order valence-corrected chi connectivity index (χ2v) is 10.0. The molecular formula is C32H27N5O6. The van der Waals surface area contributed by atoms with Gasteiger partial charge in [-0.05, 0) is 36.4 Å². The van der Waals surface area contributed by atoms with E-state index in [9.17, 15) is 19.5 Å². The number of carbonyl (C=O) groups excluding carboxylic acids is 3. The minimum absolute atomic E-state index is 0.0194. The van der Waals surface area contributed by atoms with Crippen LogP contribution in [0.15, 0.2) is 104 Å². The molecule has 0 radical (unpaired) electrons. The Kier molecular flexibility index (Phi) is 7.73. The highest BCUT2D eigenvalue weighted by Gasteiger charge is 2.46. The number of imidazole rings is 1. The first-order valence-corrected chi connectivity index (χ1v) is 13.7. The molecule has 0 aliphatic carbocycles. The van der Waals surface area contributed by atoms with Crippen LogP contribution >= 0.6 is 0 Å². The van der Waals surface area contributed by atoms with Crippen molar-refractivity contribution in [3.05, 3.63) is 120 Å². The number of amides is 2. The quantitative estimate of drug-likeness (QED) is 0.224. The number of hydrogen-bond donors (Lipinski definition) is 1. The summed E-state index contributed by atoms with van der Waals surface area (Å²) in [6.45, 7) is 1.52. The number of imide groups is 1. The van der Waals surface area contributed by atoms with E-state index in [2.05, 4.69) is 15.0 Å². The van der Waals surface area contributed by atoms with Gasteiger partial charge in [-0.2, -0.15) is 0 Å². The van der Waals surface area contributed by atoms with Crippen molar-refractivity contribution in [1.29, 1.82) is 0 Å². The summed E-state index contributed by atoms with van der Waals surface area (Å²) < 4.78 is 13.6. The third kappa shape index (κ3) is 5.27. The van der Waals surface area contributed by atoms with E-state index in [1.54, 1.807) is 95.6 Å². The molecule has 1 aliphatic heterocycles. The van der Waals surface area contributed by atoms with Gasteiger partial charge in [-0.25, -0.2) is 24.6 Å². The first kappa shape index (κ1) is 27.9. The Hall–Kier alpha value is -5.26. The molecule has 1 fully saturated rings. The van der Waals surface area contributed by atoms with Crippen LogP contribution in [-0.4, -0.2) is 61.2 Å². The zero-order valence-electron chi connectivity index (χ0n) is 23.1. The summed E-state index contributed by atoms with van der Waals surface area (Å²) in [6.07, 6.45) is 0.311. The Bertz CT molecular complexity index is 1710. The second kappa shape index (κ2) is 11.9. The van der Waals surface area contributed by atoms with E-state index in [-0.39, 0.29) is 40.6 Å². The summed E-state index contributed by atoms with van der Waals surface area (Å²) in [5.41, 5.74) is 1.34. The van der Waals surface area contributed by atoms with Gasteiger partial charge in [0, 0.05) is 17.0 Å². The molecule has 43 heavy (non-hydrogen) atoms. The molecule has 1 saturated heterocycles. The smallest absolute Gasteiger partial charge is 0.338 e. The van der Waals surface area contributed by atoms with E-state index >= 15 is 0 Å². The van der Waals surface area contributed by atoms with Crippen LogP contribution in [0.3, 0.4) is 0 Å². The maximum Gasteiger partial charge on any atom is 0.338 e. The topological polar surface area (TPSA) is 137 Å². The molecule has 0 saturated carbocycles. The van der Waals surface area contributed by atoms with Crippen LogP contribution in [0.25, 0.3) is 11.2 Å². The van der Waals surface area contributed by atoms with E-state index in [1.807, 2.05) is 6.92 Å². The van der Waals surface area contributed by atoms with Crippen LogP contribution in [-0.2, 0) is 9.47 Å². The molecule has 1 N–H and O–H groups in total. The molecule has 3 aromatic carbocycles. The number of fused-ring (bicyclic) bond motifs is 1. The van der Waals surface area contributed by atoms with Crippen molar-refractivity contribution in [3.8, 4) is 0 Å². The molecule has 6 rings (SSSR count). The van der Waals surface area contributed by atoms with Gasteiger partial charge < -0.3 is 14.6 Å². The number of aliphatic hydroxyl groups is 1. The number of carbonyl (C=O) groups is 3. The third-order valence-corrected chi connectivity index (χ3v) is 7.41. The number of esters is 1. The molecular weight excluding hydrogens is 550 g/mol. The van der Waals surface area contributed by atoms with Gasteiger partial charge in [0.25, 0.3) is 11.8 Å². The third-order valence-electron chi connectivity index (χ3n) is 7.41. The Morgan fingerprint density at radius 3 is 1.95 bits per heavy atom. The molecule has 4 atom stereocenters. The fraction of sp³-hybridized carbons (Fsp3) is 0.188. The van der Waals surface area contributed by atoms with E-state index in [1.165, 1.54) is 12.7 Å².